The second kappa shape index (κ2) is 13.0. The van der Waals surface area contributed by atoms with Gasteiger partial charge in [-0.15, -0.1) is 0 Å². The summed E-state index contributed by atoms with van der Waals surface area (Å²) in [5, 5.41) is 0. The minimum absolute atomic E-state index is 0.270. The van der Waals surface area contributed by atoms with Crippen molar-refractivity contribution in [1.82, 2.24) is 9.97 Å². The van der Waals surface area contributed by atoms with Gasteiger partial charge in [-0.3, -0.25) is 0 Å². The molecule has 0 unspecified atom stereocenters. The van der Waals surface area contributed by atoms with Crippen LogP contribution < -0.4 is 23.8 Å². The molecule has 1 heterocycles. The van der Waals surface area contributed by atoms with Crippen molar-refractivity contribution in [2.45, 2.75) is 20.0 Å². The molecule has 190 valence electrons. The van der Waals surface area contributed by atoms with Crippen LogP contribution in [0.3, 0.4) is 0 Å². The predicted octanol–water partition coefficient (Wildman–Crippen LogP) is 4.29. The second-order valence-electron chi connectivity index (χ2n) is 7.59. The molecule has 1 aromatic heterocycles. The highest BCUT2D eigenvalue weighted by atomic mass is 16.5. The van der Waals surface area contributed by atoms with E-state index in [4.69, 9.17) is 23.7 Å². The average molecular weight is 494 g/mol. The van der Waals surface area contributed by atoms with Crippen LogP contribution in [-0.4, -0.2) is 51.0 Å². The van der Waals surface area contributed by atoms with Crippen LogP contribution in [-0.2, 0) is 22.6 Å². The van der Waals surface area contributed by atoms with Crippen LogP contribution in [0.25, 0.3) is 6.08 Å². The lowest BCUT2D eigenvalue weighted by Gasteiger charge is -2.24. The summed E-state index contributed by atoms with van der Waals surface area (Å²) in [5.74, 6) is 2.02. The molecular formula is C27H31N3O6. The van der Waals surface area contributed by atoms with E-state index in [0.717, 1.165) is 22.6 Å². The number of rotatable bonds is 12. The van der Waals surface area contributed by atoms with Gasteiger partial charge in [-0.2, -0.15) is 9.97 Å². The molecule has 0 N–H and O–H groups in total. The average Bonchev–Trinajstić information content (AvgIpc) is 2.92. The topological polar surface area (TPSA) is 92.2 Å². The number of esters is 1. The first-order chi connectivity index (χ1) is 17.5. The third-order valence-electron chi connectivity index (χ3n) is 5.27. The second-order valence-corrected chi connectivity index (χ2v) is 7.59. The fourth-order valence-corrected chi connectivity index (χ4v) is 3.46. The number of anilines is 1. The van der Waals surface area contributed by atoms with Crippen molar-refractivity contribution in [2.24, 2.45) is 0 Å². The molecule has 0 radical (unpaired) electrons. The van der Waals surface area contributed by atoms with Crippen LogP contribution in [0.15, 0.2) is 54.6 Å². The summed E-state index contributed by atoms with van der Waals surface area (Å²) in [6, 6.07) is 15.6. The van der Waals surface area contributed by atoms with Crippen LogP contribution in [0.5, 0.6) is 23.3 Å². The van der Waals surface area contributed by atoms with Gasteiger partial charge >= 0.3 is 5.97 Å². The summed E-state index contributed by atoms with van der Waals surface area (Å²) < 4.78 is 26.6. The fourth-order valence-electron chi connectivity index (χ4n) is 3.46. The summed E-state index contributed by atoms with van der Waals surface area (Å²) in [5.41, 5.74) is 2.51. The van der Waals surface area contributed by atoms with Gasteiger partial charge in [0, 0.05) is 19.2 Å². The van der Waals surface area contributed by atoms with Crippen molar-refractivity contribution in [1.29, 1.82) is 0 Å². The summed E-state index contributed by atoms with van der Waals surface area (Å²) in [6.45, 7) is 3.05. The van der Waals surface area contributed by atoms with Crippen molar-refractivity contribution in [3.05, 3.63) is 71.3 Å². The maximum Gasteiger partial charge on any atom is 0.330 e. The van der Waals surface area contributed by atoms with Crippen molar-refractivity contribution in [3.63, 3.8) is 0 Å². The van der Waals surface area contributed by atoms with E-state index in [1.54, 1.807) is 21.1 Å². The van der Waals surface area contributed by atoms with Gasteiger partial charge in [-0.05, 0) is 48.4 Å². The van der Waals surface area contributed by atoms with Gasteiger partial charge < -0.3 is 28.6 Å². The molecule has 0 saturated carbocycles. The molecule has 9 nitrogen and oxygen atoms in total. The monoisotopic (exact) mass is 493 g/mol. The van der Waals surface area contributed by atoms with E-state index in [9.17, 15) is 4.79 Å². The number of hydrogen-bond acceptors (Lipinski definition) is 9. The van der Waals surface area contributed by atoms with Crippen molar-refractivity contribution in [3.8, 4) is 23.3 Å². The quantitative estimate of drug-likeness (QED) is 0.271. The van der Waals surface area contributed by atoms with E-state index in [1.807, 2.05) is 53.4 Å². The lowest BCUT2D eigenvalue weighted by atomic mass is 10.1. The number of nitrogens with zero attached hydrogens (tertiary/aromatic N) is 3. The Labute approximate surface area is 211 Å². The van der Waals surface area contributed by atoms with E-state index in [0.29, 0.717) is 24.6 Å². The predicted molar refractivity (Wildman–Crippen MR) is 137 cm³/mol. The Morgan fingerprint density at radius 3 is 1.64 bits per heavy atom. The van der Waals surface area contributed by atoms with E-state index in [-0.39, 0.29) is 18.4 Å². The molecule has 3 rings (SSSR count). The maximum absolute atomic E-state index is 11.8. The fraction of sp³-hybridized carbons (Fsp3) is 0.296. The Kier molecular flexibility index (Phi) is 9.50. The molecule has 0 bridgehead atoms. The van der Waals surface area contributed by atoms with Crippen LogP contribution in [0, 0.1) is 0 Å². The van der Waals surface area contributed by atoms with Gasteiger partial charge in [0.05, 0.1) is 40.6 Å². The molecule has 0 atom stereocenters. The molecule has 2 aromatic carbocycles. The molecule has 0 aliphatic heterocycles. The van der Waals surface area contributed by atoms with Gasteiger partial charge in [0.25, 0.3) is 0 Å². The normalized spacial score (nSPS) is 10.7. The molecule has 0 spiro atoms. The van der Waals surface area contributed by atoms with Crippen molar-refractivity contribution < 1.29 is 28.5 Å². The Hall–Kier alpha value is -4.27. The van der Waals surface area contributed by atoms with Gasteiger partial charge in [0.2, 0.25) is 17.7 Å². The summed E-state index contributed by atoms with van der Waals surface area (Å²) in [6.07, 6.45) is 2.82. The molecule has 36 heavy (non-hydrogen) atoms. The first-order valence-corrected chi connectivity index (χ1v) is 11.4. The third kappa shape index (κ3) is 6.88. The molecule has 0 aliphatic rings. The zero-order chi connectivity index (χ0) is 25.9. The number of aromatic nitrogens is 2. The Balaban J connectivity index is 2.00. The van der Waals surface area contributed by atoms with Gasteiger partial charge in [-0.1, -0.05) is 24.3 Å². The summed E-state index contributed by atoms with van der Waals surface area (Å²) in [7, 11) is 6.28. The smallest absolute Gasteiger partial charge is 0.330 e. The molecule has 0 saturated heterocycles. The van der Waals surface area contributed by atoms with Crippen LogP contribution in [0.2, 0.25) is 0 Å². The highest BCUT2D eigenvalue weighted by Crippen LogP contribution is 2.31. The van der Waals surface area contributed by atoms with E-state index in [1.165, 1.54) is 26.4 Å². The van der Waals surface area contributed by atoms with Gasteiger partial charge in [0.15, 0.2) is 0 Å². The maximum atomic E-state index is 11.8. The molecule has 0 fully saturated rings. The zero-order valence-corrected chi connectivity index (χ0v) is 21.2. The van der Waals surface area contributed by atoms with Crippen LogP contribution in [0.1, 0.15) is 23.6 Å². The number of methoxy groups -OCH3 is 4. The minimum atomic E-state index is -0.480. The molecule has 0 aliphatic carbocycles. The van der Waals surface area contributed by atoms with Crippen molar-refractivity contribution in [2.75, 3.05) is 39.9 Å². The SMILES string of the molecule is CCOC(=O)C=Cc1c(OC)nc(N(Cc2ccc(OC)cc2)Cc2ccc(OC)cc2)nc1OC. The number of carbonyl (C=O) groups excluding carboxylic acids is 1. The lowest BCUT2D eigenvalue weighted by Crippen LogP contribution is -2.25. The zero-order valence-electron chi connectivity index (χ0n) is 21.2. The van der Waals surface area contributed by atoms with E-state index in [2.05, 4.69) is 9.97 Å². The molecule has 0 amide bonds. The van der Waals surface area contributed by atoms with Crippen LogP contribution >= 0.6 is 0 Å². The highest BCUT2D eigenvalue weighted by Gasteiger charge is 2.19. The Morgan fingerprint density at radius 1 is 0.778 bits per heavy atom. The highest BCUT2D eigenvalue weighted by molar-refractivity contribution is 5.88. The van der Waals surface area contributed by atoms with Crippen LogP contribution in [0.4, 0.5) is 5.95 Å². The number of ether oxygens (including phenoxy) is 5. The molecule has 3 aromatic rings. The number of benzene rings is 2. The lowest BCUT2D eigenvalue weighted by molar-refractivity contribution is -0.137. The first kappa shape index (κ1) is 26.3. The number of carbonyl (C=O) groups is 1. The van der Waals surface area contributed by atoms with Gasteiger partial charge in [0.1, 0.15) is 11.5 Å². The Morgan fingerprint density at radius 2 is 1.25 bits per heavy atom. The number of hydrogen-bond donors (Lipinski definition) is 0. The summed E-state index contributed by atoms with van der Waals surface area (Å²) >= 11 is 0. The van der Waals surface area contributed by atoms with Gasteiger partial charge in [-0.25, -0.2) is 4.79 Å². The Bertz CT molecular complexity index is 1090. The van der Waals surface area contributed by atoms with E-state index >= 15 is 0 Å². The minimum Gasteiger partial charge on any atom is -0.497 e. The first-order valence-electron chi connectivity index (χ1n) is 11.4. The van der Waals surface area contributed by atoms with Crippen molar-refractivity contribution >= 4 is 18.0 Å². The molecular weight excluding hydrogens is 462 g/mol. The molecule has 9 heteroatoms. The standard InChI is InChI=1S/C27H31N3O6/c1-6-36-24(31)16-15-23-25(34-4)28-27(29-26(23)35-5)30(17-19-7-11-21(32-2)12-8-19)18-20-9-13-22(33-3)14-10-20/h7-16H,6,17-18H2,1-5H3. The van der Waals surface area contributed by atoms with E-state index < -0.39 is 5.97 Å². The summed E-state index contributed by atoms with van der Waals surface area (Å²) in [4.78, 5) is 23.1. The third-order valence-corrected chi connectivity index (χ3v) is 5.27. The largest absolute Gasteiger partial charge is 0.497 e.